The van der Waals surface area contributed by atoms with Crippen LogP contribution in [-0.4, -0.2) is 27.4 Å². The van der Waals surface area contributed by atoms with Crippen LogP contribution in [0.2, 0.25) is 0 Å². The van der Waals surface area contributed by atoms with E-state index >= 15 is 0 Å². The summed E-state index contributed by atoms with van der Waals surface area (Å²) < 4.78 is 15.9. The monoisotopic (exact) mass is 342 g/mol. The Morgan fingerprint density at radius 1 is 0.920 bits per heavy atom. The van der Waals surface area contributed by atoms with Crippen LogP contribution in [0.15, 0.2) is 42.5 Å². The van der Waals surface area contributed by atoms with E-state index in [1.807, 2.05) is 30.3 Å². The highest BCUT2D eigenvalue weighted by Gasteiger charge is 2.46. The van der Waals surface area contributed by atoms with Gasteiger partial charge in [0.1, 0.15) is 5.75 Å². The van der Waals surface area contributed by atoms with E-state index in [-0.39, 0.29) is 11.6 Å². The van der Waals surface area contributed by atoms with E-state index in [2.05, 4.69) is 10.6 Å². The van der Waals surface area contributed by atoms with Crippen molar-refractivity contribution in [2.75, 3.05) is 26.6 Å². The molecule has 6 nitrogen and oxygen atoms in total. The first-order chi connectivity index (χ1) is 12.1. The third kappa shape index (κ3) is 3.47. The first-order valence-corrected chi connectivity index (χ1v) is 8.06. The molecule has 1 aliphatic carbocycles. The number of hydrogen-bond donors (Lipinski definition) is 2. The molecular formula is C19H22N2O4. The Kier molecular flexibility index (Phi) is 4.70. The van der Waals surface area contributed by atoms with Crippen molar-refractivity contribution in [3.05, 3.63) is 48.0 Å². The summed E-state index contributed by atoms with van der Waals surface area (Å²) in [5.41, 5.74) is 1.26. The average molecular weight is 342 g/mol. The minimum atomic E-state index is -0.369. The molecule has 0 aliphatic heterocycles. The van der Waals surface area contributed by atoms with Crippen LogP contribution < -0.4 is 24.8 Å². The fourth-order valence-corrected chi connectivity index (χ4v) is 2.86. The number of ether oxygens (including phenoxy) is 3. The smallest absolute Gasteiger partial charge is 0.320 e. The van der Waals surface area contributed by atoms with Crippen molar-refractivity contribution < 1.29 is 19.0 Å². The Morgan fingerprint density at radius 2 is 1.60 bits per heavy atom. The van der Waals surface area contributed by atoms with Gasteiger partial charge in [-0.1, -0.05) is 18.2 Å². The Labute approximate surface area is 147 Å². The molecule has 0 spiro atoms. The lowest BCUT2D eigenvalue weighted by Gasteiger charge is -2.20. The maximum absolute atomic E-state index is 12.5. The van der Waals surface area contributed by atoms with Crippen LogP contribution in [0.25, 0.3) is 0 Å². The highest BCUT2D eigenvalue weighted by molar-refractivity contribution is 5.91. The number of amides is 2. The number of benzene rings is 2. The van der Waals surface area contributed by atoms with Crippen molar-refractivity contribution in [2.45, 2.75) is 18.4 Å². The van der Waals surface area contributed by atoms with E-state index in [0.29, 0.717) is 22.9 Å². The number of hydrogen-bond acceptors (Lipinski definition) is 4. The van der Waals surface area contributed by atoms with Gasteiger partial charge in [0.05, 0.1) is 32.6 Å². The molecule has 3 rings (SSSR count). The number of anilines is 1. The molecule has 6 heteroatoms. The quantitative estimate of drug-likeness (QED) is 0.843. The van der Waals surface area contributed by atoms with Gasteiger partial charge in [0.2, 0.25) is 0 Å². The van der Waals surface area contributed by atoms with Crippen molar-refractivity contribution in [1.82, 2.24) is 5.32 Å². The first-order valence-electron chi connectivity index (χ1n) is 8.06. The van der Waals surface area contributed by atoms with E-state index in [9.17, 15) is 4.79 Å². The van der Waals surface area contributed by atoms with Gasteiger partial charge in [-0.05, 0) is 42.7 Å². The molecule has 0 bridgehead atoms. The second-order valence-electron chi connectivity index (χ2n) is 5.93. The molecule has 2 aromatic carbocycles. The molecule has 0 radical (unpaired) electrons. The molecule has 25 heavy (non-hydrogen) atoms. The number of carbonyl (C=O) groups excluding carboxylic acids is 1. The second kappa shape index (κ2) is 6.93. The van der Waals surface area contributed by atoms with E-state index in [4.69, 9.17) is 14.2 Å². The van der Waals surface area contributed by atoms with Gasteiger partial charge in [0, 0.05) is 0 Å². The zero-order valence-electron chi connectivity index (χ0n) is 14.6. The van der Waals surface area contributed by atoms with Gasteiger partial charge < -0.3 is 24.8 Å². The zero-order valence-corrected chi connectivity index (χ0v) is 14.6. The molecule has 0 atom stereocenters. The Bertz CT molecular complexity index is 772. The largest absolute Gasteiger partial charge is 0.495 e. The summed E-state index contributed by atoms with van der Waals surface area (Å²) in [6.07, 6.45) is 1.75. The summed E-state index contributed by atoms with van der Waals surface area (Å²) >= 11 is 0. The third-order valence-corrected chi connectivity index (χ3v) is 4.39. The van der Waals surface area contributed by atoms with Crippen molar-refractivity contribution in [2.24, 2.45) is 0 Å². The minimum Gasteiger partial charge on any atom is -0.495 e. The summed E-state index contributed by atoms with van der Waals surface area (Å²) in [4.78, 5) is 12.5. The van der Waals surface area contributed by atoms with Gasteiger partial charge >= 0.3 is 6.03 Å². The van der Waals surface area contributed by atoms with Crippen molar-refractivity contribution in [1.29, 1.82) is 0 Å². The molecule has 2 aromatic rings. The van der Waals surface area contributed by atoms with Crippen molar-refractivity contribution in [3.63, 3.8) is 0 Å². The van der Waals surface area contributed by atoms with E-state index in [0.717, 1.165) is 18.4 Å². The standard InChI is InChI=1S/C19H22N2O4/c1-23-15-7-5-4-6-14(15)20-18(22)21-19(10-11-19)13-8-9-16(24-2)17(12-13)25-3/h4-9,12H,10-11H2,1-3H3,(H2,20,21,22). The Morgan fingerprint density at radius 3 is 2.24 bits per heavy atom. The third-order valence-electron chi connectivity index (χ3n) is 4.39. The molecule has 0 unspecified atom stereocenters. The van der Waals surface area contributed by atoms with Gasteiger partial charge in [-0.2, -0.15) is 0 Å². The molecule has 132 valence electrons. The van der Waals surface area contributed by atoms with E-state index in [1.165, 1.54) is 0 Å². The average Bonchev–Trinajstić information content (AvgIpc) is 3.42. The fourth-order valence-electron chi connectivity index (χ4n) is 2.86. The molecule has 0 heterocycles. The highest BCUT2D eigenvalue weighted by atomic mass is 16.5. The molecule has 1 aliphatic rings. The highest BCUT2D eigenvalue weighted by Crippen LogP contribution is 2.47. The van der Waals surface area contributed by atoms with Crippen LogP contribution >= 0.6 is 0 Å². The zero-order chi connectivity index (χ0) is 17.9. The van der Waals surface area contributed by atoms with Crippen LogP contribution in [0.3, 0.4) is 0 Å². The number of para-hydroxylation sites is 2. The van der Waals surface area contributed by atoms with Gasteiger partial charge in [-0.25, -0.2) is 4.79 Å². The number of urea groups is 1. The summed E-state index contributed by atoms with van der Waals surface area (Å²) in [5.74, 6) is 1.94. The topological polar surface area (TPSA) is 68.8 Å². The van der Waals surface area contributed by atoms with Gasteiger partial charge in [-0.15, -0.1) is 0 Å². The lowest BCUT2D eigenvalue weighted by Crippen LogP contribution is -2.38. The van der Waals surface area contributed by atoms with Crippen LogP contribution in [-0.2, 0) is 5.54 Å². The van der Waals surface area contributed by atoms with Crippen molar-refractivity contribution in [3.8, 4) is 17.2 Å². The lowest BCUT2D eigenvalue weighted by molar-refractivity contribution is 0.247. The summed E-state index contributed by atoms with van der Waals surface area (Å²) in [5, 5.41) is 5.92. The summed E-state index contributed by atoms with van der Waals surface area (Å²) in [7, 11) is 4.77. The van der Waals surface area contributed by atoms with Crippen LogP contribution in [0.4, 0.5) is 10.5 Å². The lowest BCUT2D eigenvalue weighted by atomic mass is 10.0. The minimum absolute atomic E-state index is 0.267. The predicted octanol–water partition coefficient (Wildman–Crippen LogP) is 3.52. The predicted molar refractivity (Wildman–Crippen MR) is 95.6 cm³/mol. The molecule has 0 saturated heterocycles. The summed E-state index contributed by atoms with van der Waals surface area (Å²) in [6.45, 7) is 0. The number of carbonyl (C=O) groups is 1. The van der Waals surface area contributed by atoms with Crippen LogP contribution in [0.1, 0.15) is 18.4 Å². The maximum atomic E-state index is 12.5. The first kappa shape index (κ1) is 17.0. The van der Waals surface area contributed by atoms with Crippen LogP contribution in [0, 0.1) is 0 Å². The van der Waals surface area contributed by atoms with Gasteiger partial charge in [-0.3, -0.25) is 0 Å². The van der Waals surface area contributed by atoms with Crippen molar-refractivity contribution >= 4 is 11.7 Å². The second-order valence-corrected chi connectivity index (χ2v) is 5.93. The molecule has 1 fully saturated rings. The van der Waals surface area contributed by atoms with E-state index < -0.39 is 0 Å². The fraction of sp³-hybridized carbons (Fsp3) is 0.316. The molecule has 0 aromatic heterocycles. The van der Waals surface area contributed by atoms with Crippen LogP contribution in [0.5, 0.6) is 17.2 Å². The number of nitrogens with one attached hydrogen (secondary N) is 2. The number of methoxy groups -OCH3 is 3. The SMILES string of the molecule is COc1ccccc1NC(=O)NC1(c2ccc(OC)c(OC)c2)CC1. The normalized spacial score (nSPS) is 14.4. The number of rotatable bonds is 6. The molecular weight excluding hydrogens is 320 g/mol. The van der Waals surface area contributed by atoms with Gasteiger partial charge in [0.25, 0.3) is 0 Å². The summed E-state index contributed by atoms with van der Waals surface area (Å²) in [6, 6.07) is 12.8. The molecule has 1 saturated carbocycles. The molecule has 2 amide bonds. The van der Waals surface area contributed by atoms with E-state index in [1.54, 1.807) is 33.5 Å². The van der Waals surface area contributed by atoms with Gasteiger partial charge in [0.15, 0.2) is 11.5 Å². The Balaban J connectivity index is 1.75. The Hall–Kier alpha value is -2.89. The molecule has 2 N–H and O–H groups in total. The maximum Gasteiger partial charge on any atom is 0.320 e.